The fourth-order valence-electron chi connectivity index (χ4n) is 4.74. The summed E-state index contributed by atoms with van der Waals surface area (Å²) < 4.78 is 0. The van der Waals surface area contributed by atoms with Gasteiger partial charge in [-0.25, -0.2) is 5.01 Å². The summed E-state index contributed by atoms with van der Waals surface area (Å²) in [4.78, 5) is 12.5. The monoisotopic (exact) mass is 354 g/mol. The summed E-state index contributed by atoms with van der Waals surface area (Å²) in [5.41, 5.74) is 4.84. The lowest BCUT2D eigenvalue weighted by Crippen LogP contribution is -2.29. The van der Waals surface area contributed by atoms with Crippen LogP contribution in [0.2, 0.25) is 0 Å². The van der Waals surface area contributed by atoms with Crippen molar-refractivity contribution in [2.24, 2.45) is 11.0 Å². The minimum atomic E-state index is -0.0326. The molecule has 0 radical (unpaired) electrons. The van der Waals surface area contributed by atoms with E-state index in [2.05, 4.69) is 66.7 Å². The molecular weight excluding hydrogens is 332 g/mol. The SMILES string of the molecule is CC(=O)N1N=C2c3ccccc3CCCC2C1c1cccc2ccccc12. The molecule has 2 unspecified atom stereocenters. The summed E-state index contributed by atoms with van der Waals surface area (Å²) in [5.74, 6) is 0.245. The lowest BCUT2D eigenvalue weighted by Gasteiger charge is -2.27. The van der Waals surface area contributed by atoms with Gasteiger partial charge in [0.05, 0.1) is 11.8 Å². The molecule has 1 amide bonds. The van der Waals surface area contributed by atoms with Crippen LogP contribution in [0.5, 0.6) is 0 Å². The van der Waals surface area contributed by atoms with E-state index in [9.17, 15) is 4.79 Å². The van der Waals surface area contributed by atoms with E-state index in [0.29, 0.717) is 0 Å². The van der Waals surface area contributed by atoms with Gasteiger partial charge in [-0.1, -0.05) is 66.7 Å². The summed E-state index contributed by atoms with van der Waals surface area (Å²) in [6, 6.07) is 23.3. The highest BCUT2D eigenvalue weighted by Crippen LogP contribution is 2.44. The molecule has 5 rings (SSSR count). The van der Waals surface area contributed by atoms with Crippen molar-refractivity contribution in [2.75, 3.05) is 0 Å². The molecule has 3 nitrogen and oxygen atoms in total. The molecule has 0 saturated carbocycles. The van der Waals surface area contributed by atoms with Crippen LogP contribution < -0.4 is 0 Å². The smallest absolute Gasteiger partial charge is 0.240 e. The van der Waals surface area contributed by atoms with Gasteiger partial charge in [0.25, 0.3) is 0 Å². The Balaban J connectivity index is 1.70. The summed E-state index contributed by atoms with van der Waals surface area (Å²) in [6.07, 6.45) is 3.24. The number of hydrazone groups is 1. The quantitative estimate of drug-likeness (QED) is 0.598. The molecule has 0 N–H and O–H groups in total. The number of rotatable bonds is 1. The van der Waals surface area contributed by atoms with Crippen molar-refractivity contribution in [3.05, 3.63) is 83.4 Å². The van der Waals surface area contributed by atoms with E-state index in [1.165, 1.54) is 27.5 Å². The van der Waals surface area contributed by atoms with Crippen molar-refractivity contribution in [1.29, 1.82) is 0 Å². The van der Waals surface area contributed by atoms with E-state index in [1.807, 2.05) is 0 Å². The summed E-state index contributed by atoms with van der Waals surface area (Å²) >= 11 is 0. The number of aryl methyl sites for hydroxylation is 1. The highest BCUT2D eigenvalue weighted by molar-refractivity contribution is 6.06. The van der Waals surface area contributed by atoms with Gasteiger partial charge >= 0.3 is 0 Å². The van der Waals surface area contributed by atoms with E-state index in [-0.39, 0.29) is 17.9 Å². The van der Waals surface area contributed by atoms with Gasteiger partial charge in [0.1, 0.15) is 0 Å². The van der Waals surface area contributed by atoms with E-state index >= 15 is 0 Å². The summed E-state index contributed by atoms with van der Waals surface area (Å²) in [6.45, 7) is 1.62. The maximum Gasteiger partial charge on any atom is 0.240 e. The zero-order valence-electron chi connectivity index (χ0n) is 15.4. The Kier molecular flexibility index (Phi) is 3.82. The Bertz CT molecular complexity index is 1060. The third kappa shape index (κ3) is 2.57. The second kappa shape index (κ2) is 6.34. The third-order valence-electron chi connectivity index (χ3n) is 5.93. The number of hydrogen-bond acceptors (Lipinski definition) is 2. The standard InChI is InChI=1S/C24H22N2O/c1-16(27)26-24(21-14-6-10-17-8-2-4-12-19(17)21)22-15-7-11-18-9-3-5-13-20(18)23(22)25-26/h2-6,8-10,12-14,22,24H,7,11,15H2,1H3. The molecule has 3 heteroatoms. The average molecular weight is 354 g/mol. The van der Waals surface area contributed by atoms with Crippen molar-refractivity contribution in [1.82, 2.24) is 5.01 Å². The second-order valence-corrected chi connectivity index (χ2v) is 7.52. The predicted molar refractivity (Wildman–Crippen MR) is 109 cm³/mol. The molecule has 0 bridgehead atoms. The molecule has 134 valence electrons. The summed E-state index contributed by atoms with van der Waals surface area (Å²) in [5, 5.41) is 9.02. The minimum Gasteiger partial charge on any atom is -0.273 e. The first-order valence-corrected chi connectivity index (χ1v) is 9.68. The van der Waals surface area contributed by atoms with Crippen LogP contribution in [0.4, 0.5) is 0 Å². The molecular formula is C24H22N2O. The van der Waals surface area contributed by atoms with E-state index < -0.39 is 0 Å². The molecule has 0 saturated heterocycles. The van der Waals surface area contributed by atoms with Gasteiger partial charge in [-0.05, 0) is 41.2 Å². The zero-order valence-corrected chi connectivity index (χ0v) is 15.4. The Morgan fingerprint density at radius 3 is 2.67 bits per heavy atom. The number of hydrogen-bond donors (Lipinski definition) is 0. The van der Waals surface area contributed by atoms with Gasteiger partial charge in [-0.15, -0.1) is 0 Å². The molecule has 3 aromatic carbocycles. The lowest BCUT2D eigenvalue weighted by atomic mass is 9.83. The number of fused-ring (bicyclic) bond motifs is 4. The molecule has 0 fully saturated rings. The zero-order chi connectivity index (χ0) is 18.4. The van der Waals surface area contributed by atoms with Crippen LogP contribution in [0.3, 0.4) is 0 Å². The number of benzene rings is 3. The highest BCUT2D eigenvalue weighted by atomic mass is 16.2. The molecule has 0 aromatic heterocycles. The van der Waals surface area contributed by atoms with Gasteiger partial charge in [0, 0.05) is 18.4 Å². The molecule has 27 heavy (non-hydrogen) atoms. The van der Waals surface area contributed by atoms with Gasteiger partial charge in [-0.2, -0.15) is 5.10 Å². The van der Waals surface area contributed by atoms with Crippen LogP contribution in [-0.4, -0.2) is 16.6 Å². The van der Waals surface area contributed by atoms with Gasteiger partial charge in [0.2, 0.25) is 5.91 Å². The molecule has 3 aromatic rings. The molecule has 2 aliphatic rings. The molecule has 1 aliphatic carbocycles. The number of nitrogens with zero attached hydrogens (tertiary/aromatic N) is 2. The largest absolute Gasteiger partial charge is 0.273 e. The van der Waals surface area contributed by atoms with Crippen molar-refractivity contribution in [3.8, 4) is 0 Å². The Labute approximate surface area is 159 Å². The molecule has 0 spiro atoms. The van der Waals surface area contributed by atoms with Crippen LogP contribution >= 0.6 is 0 Å². The normalized spacial score (nSPS) is 21.4. The van der Waals surface area contributed by atoms with Crippen LogP contribution in [-0.2, 0) is 11.2 Å². The van der Waals surface area contributed by atoms with E-state index in [1.54, 1.807) is 11.9 Å². The maximum atomic E-state index is 12.5. The first-order valence-electron chi connectivity index (χ1n) is 9.68. The molecule has 1 heterocycles. The summed E-state index contributed by atoms with van der Waals surface area (Å²) in [7, 11) is 0. The Morgan fingerprint density at radius 1 is 1.00 bits per heavy atom. The second-order valence-electron chi connectivity index (χ2n) is 7.52. The topological polar surface area (TPSA) is 32.7 Å². The Hall–Kier alpha value is -2.94. The molecule has 2 atom stereocenters. The molecule has 1 aliphatic heterocycles. The van der Waals surface area contributed by atoms with Crippen LogP contribution in [0.15, 0.2) is 71.8 Å². The van der Waals surface area contributed by atoms with Gasteiger partial charge < -0.3 is 0 Å². The first-order chi connectivity index (χ1) is 13.2. The predicted octanol–water partition coefficient (Wildman–Crippen LogP) is 5.10. The van der Waals surface area contributed by atoms with Crippen molar-refractivity contribution in [3.63, 3.8) is 0 Å². The maximum absolute atomic E-state index is 12.5. The number of carbonyl (C=O) groups excluding carboxylic acids is 1. The van der Waals surface area contributed by atoms with Crippen LogP contribution in [0, 0.1) is 5.92 Å². The van der Waals surface area contributed by atoms with E-state index in [4.69, 9.17) is 5.10 Å². The number of amides is 1. The highest BCUT2D eigenvalue weighted by Gasteiger charge is 2.42. The lowest BCUT2D eigenvalue weighted by molar-refractivity contribution is -0.131. The van der Waals surface area contributed by atoms with Crippen molar-refractivity contribution < 1.29 is 4.79 Å². The number of carbonyl (C=O) groups is 1. The minimum absolute atomic E-state index is 0.00555. The van der Waals surface area contributed by atoms with Gasteiger partial charge in [-0.3, -0.25) is 4.79 Å². The van der Waals surface area contributed by atoms with Gasteiger partial charge in [0.15, 0.2) is 0 Å². The fourth-order valence-corrected chi connectivity index (χ4v) is 4.74. The van der Waals surface area contributed by atoms with Crippen molar-refractivity contribution >= 4 is 22.4 Å². The first kappa shape index (κ1) is 16.2. The van der Waals surface area contributed by atoms with Crippen LogP contribution in [0.25, 0.3) is 10.8 Å². The van der Waals surface area contributed by atoms with E-state index in [0.717, 1.165) is 25.0 Å². The van der Waals surface area contributed by atoms with Crippen molar-refractivity contribution in [2.45, 2.75) is 32.2 Å². The van der Waals surface area contributed by atoms with Crippen LogP contribution in [0.1, 0.15) is 42.5 Å². The average Bonchev–Trinajstić information content (AvgIpc) is 2.98. The third-order valence-corrected chi connectivity index (χ3v) is 5.93. The Morgan fingerprint density at radius 2 is 1.78 bits per heavy atom. The fraction of sp³-hybridized carbons (Fsp3) is 0.250.